The van der Waals surface area contributed by atoms with Crippen LogP contribution in [0.3, 0.4) is 0 Å². The Hall–Kier alpha value is -2.32. The molecule has 130 valence electrons. The van der Waals surface area contributed by atoms with E-state index in [0.29, 0.717) is 16.6 Å². The van der Waals surface area contributed by atoms with E-state index in [1.54, 1.807) is 18.4 Å². The third-order valence-corrected chi connectivity index (χ3v) is 5.42. The number of nitrogens with zero attached hydrogens (tertiary/aromatic N) is 3. The highest BCUT2D eigenvalue weighted by Gasteiger charge is 2.14. The summed E-state index contributed by atoms with van der Waals surface area (Å²) >= 11 is 2.96. The summed E-state index contributed by atoms with van der Waals surface area (Å²) in [4.78, 5) is 13.3. The van der Waals surface area contributed by atoms with Gasteiger partial charge in [-0.05, 0) is 36.1 Å². The molecular weight excluding hydrogens is 356 g/mol. The minimum atomic E-state index is -0.116. The van der Waals surface area contributed by atoms with Crippen LogP contribution in [0.1, 0.15) is 5.56 Å². The molecular formula is C17H18N4O2S2. The molecule has 0 bridgehead atoms. The number of thioether (sulfide) groups is 1. The number of rotatable bonds is 6. The molecule has 0 unspecified atom stereocenters. The standard InChI is InChI=1S/C17H18N4O2S2/c1-11-6-7-13(23-3)12(9-11)18-15(22)10-25-17-20-19-16(21(17)2)14-5-4-8-24-14/h4-9H,10H2,1-3H3,(H,18,22). The van der Waals surface area contributed by atoms with Crippen molar-refractivity contribution in [1.82, 2.24) is 14.8 Å². The number of carbonyl (C=O) groups is 1. The molecule has 1 amide bonds. The molecule has 0 aliphatic heterocycles. The van der Waals surface area contributed by atoms with Gasteiger partial charge < -0.3 is 14.6 Å². The van der Waals surface area contributed by atoms with Crippen LogP contribution in [0, 0.1) is 6.92 Å². The Morgan fingerprint density at radius 1 is 1.36 bits per heavy atom. The molecule has 6 nitrogen and oxygen atoms in total. The van der Waals surface area contributed by atoms with Gasteiger partial charge in [-0.1, -0.05) is 23.9 Å². The van der Waals surface area contributed by atoms with Gasteiger partial charge in [0, 0.05) is 7.05 Å². The maximum Gasteiger partial charge on any atom is 0.234 e. The van der Waals surface area contributed by atoms with Crippen LogP contribution in [0.5, 0.6) is 5.75 Å². The Labute approximate surface area is 154 Å². The largest absolute Gasteiger partial charge is 0.495 e. The number of anilines is 1. The lowest BCUT2D eigenvalue weighted by molar-refractivity contribution is -0.113. The minimum Gasteiger partial charge on any atom is -0.495 e. The van der Waals surface area contributed by atoms with E-state index in [1.807, 2.05) is 54.3 Å². The van der Waals surface area contributed by atoms with Crippen molar-refractivity contribution >= 4 is 34.7 Å². The van der Waals surface area contributed by atoms with E-state index < -0.39 is 0 Å². The molecule has 0 aliphatic carbocycles. The molecule has 0 radical (unpaired) electrons. The fourth-order valence-corrected chi connectivity index (χ4v) is 3.75. The molecule has 1 aromatic carbocycles. The van der Waals surface area contributed by atoms with Gasteiger partial charge in [-0.3, -0.25) is 4.79 Å². The molecule has 1 N–H and O–H groups in total. The Kier molecular flexibility index (Phi) is 5.40. The predicted molar refractivity (Wildman–Crippen MR) is 101 cm³/mol. The topological polar surface area (TPSA) is 69.0 Å². The van der Waals surface area contributed by atoms with Crippen LogP contribution in [0.2, 0.25) is 0 Å². The van der Waals surface area contributed by atoms with Crippen molar-refractivity contribution in [3.05, 3.63) is 41.3 Å². The van der Waals surface area contributed by atoms with Gasteiger partial charge in [0.05, 0.1) is 23.4 Å². The van der Waals surface area contributed by atoms with Crippen molar-refractivity contribution in [2.75, 3.05) is 18.2 Å². The highest BCUT2D eigenvalue weighted by Crippen LogP contribution is 2.27. The van der Waals surface area contributed by atoms with E-state index in [-0.39, 0.29) is 11.7 Å². The lowest BCUT2D eigenvalue weighted by Crippen LogP contribution is -2.15. The third kappa shape index (κ3) is 4.02. The number of hydrogen-bond acceptors (Lipinski definition) is 6. The Morgan fingerprint density at radius 3 is 2.92 bits per heavy atom. The van der Waals surface area contributed by atoms with Crippen LogP contribution in [0.25, 0.3) is 10.7 Å². The molecule has 8 heteroatoms. The molecule has 25 heavy (non-hydrogen) atoms. The molecule has 0 spiro atoms. The number of hydrogen-bond donors (Lipinski definition) is 1. The number of ether oxygens (including phenoxy) is 1. The highest BCUT2D eigenvalue weighted by molar-refractivity contribution is 7.99. The predicted octanol–water partition coefficient (Wildman–Crippen LogP) is 3.59. The maximum absolute atomic E-state index is 12.3. The van der Waals surface area contributed by atoms with E-state index >= 15 is 0 Å². The van der Waals surface area contributed by atoms with E-state index in [1.165, 1.54) is 11.8 Å². The van der Waals surface area contributed by atoms with Crippen molar-refractivity contribution in [2.24, 2.45) is 7.05 Å². The summed E-state index contributed by atoms with van der Waals surface area (Å²) in [6.45, 7) is 1.97. The summed E-state index contributed by atoms with van der Waals surface area (Å²) < 4.78 is 7.18. The normalized spacial score (nSPS) is 10.7. The van der Waals surface area contributed by atoms with Gasteiger partial charge in [-0.2, -0.15) is 0 Å². The number of benzene rings is 1. The van der Waals surface area contributed by atoms with Gasteiger partial charge >= 0.3 is 0 Å². The number of thiophene rings is 1. The summed E-state index contributed by atoms with van der Waals surface area (Å²) in [6.07, 6.45) is 0. The van der Waals surface area contributed by atoms with Gasteiger partial charge in [0.1, 0.15) is 5.75 Å². The molecule has 2 heterocycles. The molecule has 3 rings (SSSR count). The van der Waals surface area contributed by atoms with E-state index in [0.717, 1.165) is 16.3 Å². The van der Waals surface area contributed by atoms with Crippen molar-refractivity contribution in [3.63, 3.8) is 0 Å². The molecule has 0 atom stereocenters. The Balaban J connectivity index is 1.64. The zero-order valence-electron chi connectivity index (χ0n) is 14.1. The van der Waals surface area contributed by atoms with Crippen molar-refractivity contribution in [2.45, 2.75) is 12.1 Å². The van der Waals surface area contributed by atoms with Crippen LogP contribution < -0.4 is 10.1 Å². The molecule has 0 fully saturated rings. The van der Waals surface area contributed by atoms with Gasteiger partial charge in [0.25, 0.3) is 0 Å². The van der Waals surface area contributed by atoms with Gasteiger partial charge in [0.2, 0.25) is 5.91 Å². The summed E-state index contributed by atoms with van der Waals surface area (Å²) in [6, 6.07) is 9.64. The van der Waals surface area contributed by atoms with Crippen LogP contribution in [-0.2, 0) is 11.8 Å². The Morgan fingerprint density at radius 2 is 2.20 bits per heavy atom. The first-order chi connectivity index (χ1) is 12.1. The van der Waals surface area contributed by atoms with E-state index in [4.69, 9.17) is 4.74 Å². The molecule has 0 saturated carbocycles. The highest BCUT2D eigenvalue weighted by atomic mass is 32.2. The average molecular weight is 374 g/mol. The average Bonchev–Trinajstić information content (AvgIpc) is 3.23. The van der Waals surface area contributed by atoms with Crippen LogP contribution in [0.15, 0.2) is 40.9 Å². The van der Waals surface area contributed by atoms with Crippen molar-refractivity contribution in [1.29, 1.82) is 0 Å². The lowest BCUT2D eigenvalue weighted by atomic mass is 10.2. The minimum absolute atomic E-state index is 0.116. The summed E-state index contributed by atoms with van der Waals surface area (Å²) in [7, 11) is 3.49. The Bertz CT molecular complexity index is 875. The molecule has 0 aliphatic rings. The number of aromatic nitrogens is 3. The first-order valence-corrected chi connectivity index (χ1v) is 9.45. The number of nitrogens with one attached hydrogen (secondary N) is 1. The van der Waals surface area contributed by atoms with Crippen LogP contribution in [-0.4, -0.2) is 33.5 Å². The summed E-state index contributed by atoms with van der Waals surface area (Å²) in [5.74, 6) is 1.57. The third-order valence-electron chi connectivity index (χ3n) is 3.54. The number of methoxy groups -OCH3 is 1. The maximum atomic E-state index is 12.3. The lowest BCUT2D eigenvalue weighted by Gasteiger charge is -2.10. The van der Waals surface area contributed by atoms with Crippen molar-refractivity contribution < 1.29 is 9.53 Å². The molecule has 3 aromatic rings. The van der Waals surface area contributed by atoms with Gasteiger partial charge in [0.15, 0.2) is 11.0 Å². The first-order valence-electron chi connectivity index (χ1n) is 7.59. The zero-order valence-corrected chi connectivity index (χ0v) is 15.8. The zero-order chi connectivity index (χ0) is 17.8. The number of aryl methyl sites for hydroxylation is 1. The van der Waals surface area contributed by atoms with E-state index in [2.05, 4.69) is 15.5 Å². The molecule has 2 aromatic heterocycles. The van der Waals surface area contributed by atoms with Gasteiger partial charge in [-0.15, -0.1) is 21.5 Å². The van der Waals surface area contributed by atoms with Crippen molar-refractivity contribution in [3.8, 4) is 16.5 Å². The van der Waals surface area contributed by atoms with Crippen LogP contribution >= 0.6 is 23.1 Å². The number of carbonyl (C=O) groups excluding carboxylic acids is 1. The second-order valence-electron chi connectivity index (χ2n) is 5.38. The number of amides is 1. The first kappa shape index (κ1) is 17.5. The summed E-state index contributed by atoms with van der Waals surface area (Å²) in [5.41, 5.74) is 1.72. The monoisotopic (exact) mass is 374 g/mol. The second kappa shape index (κ2) is 7.71. The quantitative estimate of drug-likeness (QED) is 0.668. The van der Waals surface area contributed by atoms with Crippen LogP contribution in [0.4, 0.5) is 5.69 Å². The molecule has 0 saturated heterocycles. The SMILES string of the molecule is COc1ccc(C)cc1NC(=O)CSc1nnc(-c2cccs2)n1C. The summed E-state index contributed by atoms with van der Waals surface area (Å²) in [5, 5.41) is 14.0. The smallest absolute Gasteiger partial charge is 0.234 e. The second-order valence-corrected chi connectivity index (χ2v) is 7.27. The fraction of sp³-hybridized carbons (Fsp3) is 0.235. The fourth-order valence-electron chi connectivity index (χ4n) is 2.30. The van der Waals surface area contributed by atoms with Gasteiger partial charge in [-0.25, -0.2) is 0 Å². The van der Waals surface area contributed by atoms with E-state index in [9.17, 15) is 4.79 Å².